The number of hydrogen-bond donors (Lipinski definition) is 0. The minimum atomic E-state index is 0.228. The van der Waals surface area contributed by atoms with Gasteiger partial charge in [0.2, 0.25) is 0 Å². The van der Waals surface area contributed by atoms with Crippen LogP contribution in [0.5, 0.6) is 0 Å². The molecule has 0 aliphatic rings. The Bertz CT molecular complexity index is 573. The molecule has 0 aromatic heterocycles. The van der Waals surface area contributed by atoms with E-state index in [1.54, 1.807) is 0 Å². The van der Waals surface area contributed by atoms with Gasteiger partial charge in [-0.05, 0) is 54.7 Å². The van der Waals surface area contributed by atoms with E-state index in [4.69, 9.17) is 0 Å². The lowest BCUT2D eigenvalue weighted by molar-refractivity contribution is 1.14. The second-order valence-electron chi connectivity index (χ2n) is 4.73. The van der Waals surface area contributed by atoms with Crippen LogP contribution in [-0.4, -0.2) is 0 Å². The van der Waals surface area contributed by atoms with Crippen LogP contribution in [-0.2, 0) is 0 Å². The van der Waals surface area contributed by atoms with Crippen molar-refractivity contribution in [3.63, 3.8) is 0 Å². The van der Waals surface area contributed by atoms with Crippen LogP contribution >= 0.6 is 31.9 Å². The molecule has 1 atom stereocenters. The fourth-order valence-corrected chi connectivity index (χ4v) is 3.65. The van der Waals surface area contributed by atoms with Gasteiger partial charge in [-0.25, -0.2) is 0 Å². The number of halogens is 2. The molecular weight excluding hydrogens is 352 g/mol. The van der Waals surface area contributed by atoms with E-state index in [1.165, 1.54) is 27.8 Å². The van der Waals surface area contributed by atoms with Crippen molar-refractivity contribution in [1.29, 1.82) is 0 Å². The van der Waals surface area contributed by atoms with Gasteiger partial charge < -0.3 is 0 Å². The fraction of sp³-hybridized carbons (Fsp3) is 0.250. The minimum Gasteiger partial charge on any atom is -0.0786 e. The molecule has 2 aromatic rings. The average molecular weight is 368 g/mol. The number of rotatable bonds is 2. The summed E-state index contributed by atoms with van der Waals surface area (Å²) in [7, 11) is 0. The Morgan fingerprint density at radius 1 is 0.889 bits per heavy atom. The van der Waals surface area contributed by atoms with Gasteiger partial charge >= 0.3 is 0 Å². The van der Waals surface area contributed by atoms with Gasteiger partial charge in [0, 0.05) is 4.47 Å². The lowest BCUT2D eigenvalue weighted by Crippen LogP contribution is -1.96. The quantitative estimate of drug-likeness (QED) is 0.583. The zero-order valence-electron chi connectivity index (χ0n) is 10.8. The first kappa shape index (κ1) is 13.8. The third-order valence-corrected chi connectivity index (χ3v) is 4.96. The Morgan fingerprint density at radius 3 is 2.22 bits per heavy atom. The summed E-state index contributed by atoms with van der Waals surface area (Å²) >= 11 is 7.45. The van der Waals surface area contributed by atoms with E-state index in [-0.39, 0.29) is 4.83 Å². The van der Waals surface area contributed by atoms with Gasteiger partial charge in [-0.1, -0.05) is 62.2 Å². The summed E-state index contributed by atoms with van der Waals surface area (Å²) in [4.78, 5) is 0.228. The molecule has 0 aliphatic carbocycles. The van der Waals surface area contributed by atoms with Crippen LogP contribution < -0.4 is 0 Å². The summed E-state index contributed by atoms with van der Waals surface area (Å²) < 4.78 is 1.16. The molecule has 0 fully saturated rings. The van der Waals surface area contributed by atoms with Gasteiger partial charge in [-0.3, -0.25) is 0 Å². The summed E-state index contributed by atoms with van der Waals surface area (Å²) in [6, 6.07) is 13.1. The zero-order valence-corrected chi connectivity index (χ0v) is 14.0. The summed E-state index contributed by atoms with van der Waals surface area (Å²) in [6.07, 6.45) is 0. The topological polar surface area (TPSA) is 0 Å². The molecule has 0 heterocycles. The minimum absolute atomic E-state index is 0.228. The Labute approximate surface area is 126 Å². The maximum Gasteiger partial charge on any atom is 0.0655 e. The van der Waals surface area contributed by atoms with Crippen molar-refractivity contribution in [1.82, 2.24) is 0 Å². The largest absolute Gasteiger partial charge is 0.0786 e. The first-order valence-corrected chi connectivity index (χ1v) is 7.67. The smallest absolute Gasteiger partial charge is 0.0655 e. The van der Waals surface area contributed by atoms with Crippen molar-refractivity contribution in [3.05, 3.63) is 68.7 Å². The molecular formula is C16H16Br2. The van der Waals surface area contributed by atoms with Crippen LogP contribution in [0.1, 0.15) is 32.6 Å². The van der Waals surface area contributed by atoms with E-state index in [0.717, 1.165) is 4.47 Å². The van der Waals surface area contributed by atoms with E-state index < -0.39 is 0 Å². The van der Waals surface area contributed by atoms with Crippen molar-refractivity contribution < 1.29 is 0 Å². The predicted molar refractivity (Wildman–Crippen MR) is 85.6 cm³/mol. The van der Waals surface area contributed by atoms with E-state index in [1.807, 2.05) is 0 Å². The zero-order chi connectivity index (χ0) is 13.3. The molecule has 1 unspecified atom stereocenters. The Morgan fingerprint density at radius 2 is 1.61 bits per heavy atom. The summed E-state index contributed by atoms with van der Waals surface area (Å²) in [5, 5.41) is 0. The Balaban J connectivity index is 2.41. The number of aryl methyl sites for hydroxylation is 3. The first-order chi connectivity index (χ1) is 8.49. The van der Waals surface area contributed by atoms with Crippen molar-refractivity contribution in [3.8, 4) is 0 Å². The van der Waals surface area contributed by atoms with Gasteiger partial charge in [-0.15, -0.1) is 0 Å². The van der Waals surface area contributed by atoms with E-state index in [0.29, 0.717) is 0 Å². The highest BCUT2D eigenvalue weighted by atomic mass is 79.9. The molecule has 18 heavy (non-hydrogen) atoms. The molecule has 0 saturated carbocycles. The molecule has 0 aliphatic heterocycles. The van der Waals surface area contributed by atoms with Gasteiger partial charge in [0.05, 0.1) is 4.83 Å². The van der Waals surface area contributed by atoms with Gasteiger partial charge in [0.1, 0.15) is 0 Å². The van der Waals surface area contributed by atoms with Gasteiger partial charge in [-0.2, -0.15) is 0 Å². The highest BCUT2D eigenvalue weighted by Gasteiger charge is 2.13. The monoisotopic (exact) mass is 366 g/mol. The molecule has 2 heteroatoms. The standard InChI is InChI=1S/C16H16Br2/c1-10-4-7-14(15(17)8-10)16(18)13-6-5-11(2)12(3)9-13/h4-9,16H,1-3H3. The molecule has 0 N–H and O–H groups in total. The normalized spacial score (nSPS) is 12.5. The predicted octanol–water partition coefficient (Wildman–Crippen LogP) is 5.86. The van der Waals surface area contributed by atoms with Crippen molar-refractivity contribution in [2.75, 3.05) is 0 Å². The molecule has 0 amide bonds. The molecule has 0 bridgehead atoms. The second kappa shape index (κ2) is 5.58. The number of hydrogen-bond acceptors (Lipinski definition) is 0. The highest BCUT2D eigenvalue weighted by Crippen LogP contribution is 2.36. The summed E-state index contributed by atoms with van der Waals surface area (Å²) in [5.74, 6) is 0. The average Bonchev–Trinajstić information content (AvgIpc) is 2.32. The molecule has 2 aromatic carbocycles. The van der Waals surface area contributed by atoms with Crippen LogP contribution in [0.4, 0.5) is 0 Å². The Hall–Kier alpha value is -0.600. The first-order valence-electron chi connectivity index (χ1n) is 5.96. The molecule has 94 valence electrons. The third-order valence-electron chi connectivity index (χ3n) is 3.25. The SMILES string of the molecule is Cc1ccc(C(Br)c2ccc(C)c(C)c2)c(Br)c1. The van der Waals surface area contributed by atoms with Gasteiger partial charge in [0.25, 0.3) is 0 Å². The molecule has 0 spiro atoms. The second-order valence-corrected chi connectivity index (χ2v) is 6.50. The molecule has 0 saturated heterocycles. The van der Waals surface area contributed by atoms with E-state index in [2.05, 4.69) is 89.0 Å². The Kier molecular flexibility index (Phi) is 4.29. The van der Waals surface area contributed by atoms with E-state index >= 15 is 0 Å². The van der Waals surface area contributed by atoms with Crippen LogP contribution in [0.2, 0.25) is 0 Å². The van der Waals surface area contributed by atoms with E-state index in [9.17, 15) is 0 Å². The van der Waals surface area contributed by atoms with Gasteiger partial charge in [0.15, 0.2) is 0 Å². The summed E-state index contributed by atoms with van der Waals surface area (Å²) in [5.41, 5.74) is 6.50. The highest BCUT2D eigenvalue weighted by molar-refractivity contribution is 9.11. The molecule has 0 nitrogen and oxygen atoms in total. The van der Waals surface area contributed by atoms with Crippen molar-refractivity contribution in [2.24, 2.45) is 0 Å². The number of alkyl halides is 1. The fourth-order valence-electron chi connectivity index (χ4n) is 1.94. The van der Waals surface area contributed by atoms with Crippen molar-refractivity contribution >= 4 is 31.9 Å². The lowest BCUT2D eigenvalue weighted by atomic mass is 10.00. The van der Waals surface area contributed by atoms with Crippen LogP contribution in [0.3, 0.4) is 0 Å². The van der Waals surface area contributed by atoms with Crippen LogP contribution in [0.25, 0.3) is 0 Å². The lowest BCUT2D eigenvalue weighted by Gasteiger charge is -2.14. The van der Waals surface area contributed by atoms with Crippen LogP contribution in [0, 0.1) is 20.8 Å². The maximum atomic E-state index is 3.80. The van der Waals surface area contributed by atoms with Crippen LogP contribution in [0.15, 0.2) is 40.9 Å². The molecule has 2 rings (SSSR count). The van der Waals surface area contributed by atoms with Crippen molar-refractivity contribution in [2.45, 2.75) is 25.6 Å². The number of benzene rings is 2. The summed E-state index contributed by atoms with van der Waals surface area (Å²) in [6.45, 7) is 6.40. The maximum absolute atomic E-state index is 3.80. The third kappa shape index (κ3) is 2.86. The molecule has 0 radical (unpaired) electrons.